The topological polar surface area (TPSA) is 78.7 Å². The molecule has 26 heavy (non-hydrogen) atoms. The number of piperidine rings is 1. The van der Waals surface area contributed by atoms with Gasteiger partial charge in [-0.2, -0.15) is 0 Å². The number of hydrogen-bond acceptors (Lipinski definition) is 3. The van der Waals surface area contributed by atoms with Gasteiger partial charge < -0.3 is 16.0 Å². The standard InChI is InChI=1S/C18H24F2N4O2/c19-13-8-12(9-14(20)10-13)11-23-6-3-15(4-7-23)22-17(25)16-2-1-5-24(16)18(21)26/h8-10,15-16H,1-7,11H2,(H2,21,26)(H,22,25)/t16-/m0/s1. The van der Waals surface area contributed by atoms with E-state index in [1.807, 2.05) is 0 Å². The van der Waals surface area contributed by atoms with E-state index in [1.165, 1.54) is 17.0 Å². The molecule has 6 nitrogen and oxygen atoms in total. The lowest BCUT2D eigenvalue weighted by atomic mass is 10.0. The molecule has 0 unspecified atom stereocenters. The van der Waals surface area contributed by atoms with Gasteiger partial charge in [0.15, 0.2) is 0 Å². The van der Waals surface area contributed by atoms with Crippen LogP contribution in [0.1, 0.15) is 31.2 Å². The van der Waals surface area contributed by atoms with E-state index >= 15 is 0 Å². The van der Waals surface area contributed by atoms with Gasteiger partial charge >= 0.3 is 6.03 Å². The lowest BCUT2D eigenvalue weighted by molar-refractivity contribution is -0.125. The minimum absolute atomic E-state index is 0.0401. The van der Waals surface area contributed by atoms with Crippen LogP contribution in [-0.2, 0) is 11.3 Å². The first-order valence-electron chi connectivity index (χ1n) is 8.96. The third-order valence-electron chi connectivity index (χ3n) is 5.10. The summed E-state index contributed by atoms with van der Waals surface area (Å²) in [5, 5.41) is 3.01. The van der Waals surface area contributed by atoms with Gasteiger partial charge in [-0.05, 0) is 43.4 Å². The molecule has 8 heteroatoms. The number of carbonyl (C=O) groups excluding carboxylic acids is 2. The number of rotatable bonds is 4. The number of hydrogen-bond donors (Lipinski definition) is 2. The number of nitrogens with one attached hydrogen (secondary N) is 1. The summed E-state index contributed by atoms with van der Waals surface area (Å²) in [6.45, 7) is 2.46. The number of halogens is 2. The first-order valence-corrected chi connectivity index (χ1v) is 8.96. The van der Waals surface area contributed by atoms with Gasteiger partial charge in [-0.1, -0.05) is 0 Å². The zero-order valence-corrected chi connectivity index (χ0v) is 14.6. The molecule has 3 amide bonds. The van der Waals surface area contributed by atoms with Crippen molar-refractivity contribution in [2.24, 2.45) is 5.73 Å². The zero-order chi connectivity index (χ0) is 18.7. The van der Waals surface area contributed by atoms with Gasteiger partial charge in [-0.15, -0.1) is 0 Å². The Morgan fingerprint density at radius 2 is 1.73 bits per heavy atom. The van der Waals surface area contributed by atoms with Crippen molar-refractivity contribution in [1.82, 2.24) is 15.1 Å². The zero-order valence-electron chi connectivity index (χ0n) is 14.6. The monoisotopic (exact) mass is 366 g/mol. The second-order valence-corrected chi connectivity index (χ2v) is 7.03. The molecule has 1 aromatic carbocycles. The normalized spacial score (nSPS) is 21.8. The lowest BCUT2D eigenvalue weighted by Gasteiger charge is -2.33. The maximum Gasteiger partial charge on any atom is 0.315 e. The van der Waals surface area contributed by atoms with Gasteiger partial charge in [0.05, 0.1) is 0 Å². The van der Waals surface area contributed by atoms with E-state index in [1.54, 1.807) is 0 Å². The van der Waals surface area contributed by atoms with Crippen LogP contribution in [0.4, 0.5) is 13.6 Å². The first kappa shape index (κ1) is 18.6. The molecule has 2 heterocycles. The molecule has 0 saturated carbocycles. The molecule has 0 bridgehead atoms. The third-order valence-corrected chi connectivity index (χ3v) is 5.10. The van der Waals surface area contributed by atoms with Crippen LogP contribution >= 0.6 is 0 Å². The average Bonchev–Trinajstić information content (AvgIpc) is 3.06. The number of amides is 3. The van der Waals surface area contributed by atoms with Gasteiger partial charge in [0.2, 0.25) is 5.91 Å². The summed E-state index contributed by atoms with van der Waals surface area (Å²) in [5.41, 5.74) is 5.92. The molecule has 3 rings (SSSR count). The Bertz CT molecular complexity index is 657. The molecule has 0 aliphatic carbocycles. The molecule has 142 valence electrons. The summed E-state index contributed by atoms with van der Waals surface area (Å²) >= 11 is 0. The number of primary amides is 1. The Morgan fingerprint density at radius 1 is 1.08 bits per heavy atom. The Hall–Kier alpha value is -2.22. The molecule has 2 fully saturated rings. The van der Waals surface area contributed by atoms with Gasteiger partial charge in [0.1, 0.15) is 17.7 Å². The molecule has 0 radical (unpaired) electrons. The van der Waals surface area contributed by atoms with Crippen LogP contribution in [0.3, 0.4) is 0 Å². The largest absolute Gasteiger partial charge is 0.351 e. The van der Waals surface area contributed by atoms with E-state index in [2.05, 4.69) is 10.2 Å². The number of urea groups is 1. The molecule has 0 aromatic heterocycles. The van der Waals surface area contributed by atoms with Gasteiger partial charge in [-0.3, -0.25) is 9.69 Å². The summed E-state index contributed by atoms with van der Waals surface area (Å²) < 4.78 is 26.6. The van der Waals surface area contributed by atoms with E-state index in [0.717, 1.165) is 38.4 Å². The fraction of sp³-hybridized carbons (Fsp3) is 0.556. The van der Waals surface area contributed by atoms with Gasteiger partial charge in [0.25, 0.3) is 0 Å². The van der Waals surface area contributed by atoms with Crippen molar-refractivity contribution in [2.75, 3.05) is 19.6 Å². The molecule has 0 spiro atoms. The van der Waals surface area contributed by atoms with Crippen LogP contribution in [0.5, 0.6) is 0 Å². The third kappa shape index (κ3) is 4.49. The Labute approximate surface area is 151 Å². The molecule has 3 N–H and O–H groups in total. The molecule has 2 aliphatic rings. The summed E-state index contributed by atoms with van der Waals surface area (Å²) in [5.74, 6) is -1.29. The number of benzene rings is 1. The fourth-order valence-corrected chi connectivity index (χ4v) is 3.80. The second-order valence-electron chi connectivity index (χ2n) is 7.03. The SMILES string of the molecule is NC(=O)N1CCC[C@H]1C(=O)NC1CCN(Cc2cc(F)cc(F)c2)CC1. The Kier molecular flexibility index (Phi) is 5.70. The van der Waals surface area contributed by atoms with Crippen LogP contribution in [0.15, 0.2) is 18.2 Å². The number of likely N-dealkylation sites (tertiary alicyclic amines) is 2. The molecule has 1 aromatic rings. The van der Waals surface area contributed by atoms with Crippen molar-refractivity contribution in [2.45, 2.75) is 44.3 Å². The minimum atomic E-state index is -0.572. The highest BCUT2D eigenvalue weighted by molar-refractivity contribution is 5.87. The molecule has 2 aliphatic heterocycles. The van der Waals surface area contributed by atoms with Crippen LogP contribution in [0, 0.1) is 11.6 Å². The highest BCUT2D eigenvalue weighted by Gasteiger charge is 2.34. The van der Waals surface area contributed by atoms with Crippen molar-refractivity contribution >= 4 is 11.9 Å². The summed E-state index contributed by atoms with van der Waals surface area (Å²) in [7, 11) is 0. The summed E-state index contributed by atoms with van der Waals surface area (Å²) in [6, 6.07) is 2.56. The number of carbonyl (C=O) groups is 2. The quantitative estimate of drug-likeness (QED) is 0.849. The van der Waals surface area contributed by atoms with E-state index < -0.39 is 23.7 Å². The van der Waals surface area contributed by atoms with Crippen LogP contribution in [0.2, 0.25) is 0 Å². The maximum absolute atomic E-state index is 13.3. The van der Waals surface area contributed by atoms with Crippen molar-refractivity contribution in [3.63, 3.8) is 0 Å². The number of nitrogens with zero attached hydrogens (tertiary/aromatic N) is 2. The Morgan fingerprint density at radius 3 is 2.35 bits per heavy atom. The maximum atomic E-state index is 13.3. The fourth-order valence-electron chi connectivity index (χ4n) is 3.80. The highest BCUT2D eigenvalue weighted by atomic mass is 19.1. The van der Waals surface area contributed by atoms with Crippen LogP contribution in [0.25, 0.3) is 0 Å². The average molecular weight is 366 g/mol. The van der Waals surface area contributed by atoms with Crippen molar-refractivity contribution < 1.29 is 18.4 Å². The van der Waals surface area contributed by atoms with Gasteiger partial charge in [0, 0.05) is 38.3 Å². The Balaban J connectivity index is 1.48. The van der Waals surface area contributed by atoms with Crippen molar-refractivity contribution in [3.8, 4) is 0 Å². The lowest BCUT2D eigenvalue weighted by Crippen LogP contribution is -2.52. The molecule has 2 saturated heterocycles. The smallest absolute Gasteiger partial charge is 0.315 e. The van der Waals surface area contributed by atoms with Crippen LogP contribution < -0.4 is 11.1 Å². The number of nitrogens with two attached hydrogens (primary N) is 1. The summed E-state index contributed by atoms with van der Waals surface area (Å²) in [6.07, 6.45) is 2.93. The molecule has 1 atom stereocenters. The van der Waals surface area contributed by atoms with Crippen molar-refractivity contribution in [1.29, 1.82) is 0 Å². The van der Waals surface area contributed by atoms with E-state index in [0.29, 0.717) is 25.1 Å². The van der Waals surface area contributed by atoms with E-state index in [4.69, 9.17) is 5.73 Å². The predicted octanol–water partition coefficient (Wildman–Crippen LogP) is 1.59. The van der Waals surface area contributed by atoms with Gasteiger partial charge in [-0.25, -0.2) is 13.6 Å². The highest BCUT2D eigenvalue weighted by Crippen LogP contribution is 2.19. The molecular weight excluding hydrogens is 342 g/mol. The predicted molar refractivity (Wildman–Crippen MR) is 92.1 cm³/mol. The van der Waals surface area contributed by atoms with Crippen LogP contribution in [-0.4, -0.2) is 53.5 Å². The minimum Gasteiger partial charge on any atom is -0.351 e. The summed E-state index contributed by atoms with van der Waals surface area (Å²) in [4.78, 5) is 27.3. The van der Waals surface area contributed by atoms with E-state index in [-0.39, 0.29) is 11.9 Å². The van der Waals surface area contributed by atoms with Crippen molar-refractivity contribution in [3.05, 3.63) is 35.4 Å². The molecular formula is C18H24F2N4O2. The second kappa shape index (κ2) is 7.99. The van der Waals surface area contributed by atoms with E-state index in [9.17, 15) is 18.4 Å². The first-order chi connectivity index (χ1) is 12.4.